The van der Waals surface area contributed by atoms with Gasteiger partial charge >= 0.3 is 0 Å². The van der Waals surface area contributed by atoms with Gasteiger partial charge in [0.25, 0.3) is 0 Å². The predicted octanol–water partition coefficient (Wildman–Crippen LogP) is 1.72. The molecular formula is C16H14FN5O. The summed E-state index contributed by atoms with van der Waals surface area (Å²) in [6.45, 7) is 0.224. The van der Waals surface area contributed by atoms with Crippen molar-refractivity contribution in [2.24, 2.45) is 0 Å². The first-order valence-corrected chi connectivity index (χ1v) is 7.03. The molecule has 3 aromatic rings. The van der Waals surface area contributed by atoms with Crippen molar-refractivity contribution in [3.8, 4) is 0 Å². The van der Waals surface area contributed by atoms with Crippen LogP contribution < -0.4 is 5.32 Å². The van der Waals surface area contributed by atoms with Crippen molar-refractivity contribution < 1.29 is 9.18 Å². The van der Waals surface area contributed by atoms with E-state index in [4.69, 9.17) is 0 Å². The standard InChI is InChI=1S/C16H14FN5O/c17-14-8-4-5-12(9-14)10-18-16(23)15(22-11-19-20-21-22)13-6-2-1-3-7-13/h1-9,11,15H,10H2,(H,18,23)/t15-/m1/s1. The lowest BCUT2D eigenvalue weighted by Crippen LogP contribution is -2.33. The number of hydrogen-bond acceptors (Lipinski definition) is 4. The van der Waals surface area contributed by atoms with Crippen LogP contribution in [0.3, 0.4) is 0 Å². The van der Waals surface area contributed by atoms with E-state index in [0.29, 0.717) is 5.56 Å². The monoisotopic (exact) mass is 311 g/mol. The van der Waals surface area contributed by atoms with E-state index in [9.17, 15) is 9.18 Å². The van der Waals surface area contributed by atoms with Crippen LogP contribution in [0.25, 0.3) is 0 Å². The molecule has 2 aromatic carbocycles. The maximum Gasteiger partial charge on any atom is 0.249 e. The third kappa shape index (κ3) is 3.57. The number of hydrogen-bond donors (Lipinski definition) is 1. The first kappa shape index (κ1) is 14.8. The van der Waals surface area contributed by atoms with E-state index in [-0.39, 0.29) is 18.3 Å². The number of halogens is 1. The topological polar surface area (TPSA) is 72.7 Å². The number of benzene rings is 2. The molecule has 0 saturated heterocycles. The molecule has 0 aliphatic heterocycles. The molecule has 0 aliphatic carbocycles. The van der Waals surface area contributed by atoms with Crippen molar-refractivity contribution in [3.05, 3.63) is 77.9 Å². The fourth-order valence-electron chi connectivity index (χ4n) is 2.28. The molecule has 0 saturated carbocycles. The van der Waals surface area contributed by atoms with Gasteiger partial charge in [0.05, 0.1) is 0 Å². The quantitative estimate of drug-likeness (QED) is 0.778. The summed E-state index contributed by atoms with van der Waals surface area (Å²) in [5.74, 6) is -0.607. The Balaban J connectivity index is 1.79. The summed E-state index contributed by atoms with van der Waals surface area (Å²) in [4.78, 5) is 12.6. The molecule has 23 heavy (non-hydrogen) atoms. The lowest BCUT2D eigenvalue weighted by molar-refractivity contribution is -0.123. The molecule has 1 amide bonds. The SMILES string of the molecule is O=C(NCc1cccc(F)c1)[C@@H](c1ccccc1)n1cnnn1. The van der Waals surface area contributed by atoms with E-state index in [2.05, 4.69) is 20.8 Å². The Kier molecular flexibility index (Phi) is 4.37. The zero-order chi connectivity index (χ0) is 16.1. The van der Waals surface area contributed by atoms with Gasteiger partial charge in [-0.25, -0.2) is 9.07 Å². The summed E-state index contributed by atoms with van der Waals surface area (Å²) in [6.07, 6.45) is 1.39. The Morgan fingerprint density at radius 3 is 2.70 bits per heavy atom. The van der Waals surface area contributed by atoms with Crippen LogP contribution in [0, 0.1) is 5.82 Å². The van der Waals surface area contributed by atoms with E-state index >= 15 is 0 Å². The molecule has 0 radical (unpaired) electrons. The maximum absolute atomic E-state index is 13.2. The Morgan fingerprint density at radius 2 is 2.00 bits per heavy atom. The van der Waals surface area contributed by atoms with Crippen molar-refractivity contribution >= 4 is 5.91 Å². The highest BCUT2D eigenvalue weighted by Gasteiger charge is 2.23. The Hall–Kier alpha value is -3.09. The van der Waals surface area contributed by atoms with Crippen molar-refractivity contribution in [1.29, 1.82) is 0 Å². The lowest BCUT2D eigenvalue weighted by atomic mass is 10.1. The second-order valence-electron chi connectivity index (χ2n) is 4.95. The molecule has 7 heteroatoms. The third-order valence-corrected chi connectivity index (χ3v) is 3.35. The van der Waals surface area contributed by atoms with Gasteiger partial charge in [0.2, 0.25) is 5.91 Å². The number of nitrogens with one attached hydrogen (secondary N) is 1. The molecule has 1 aromatic heterocycles. The van der Waals surface area contributed by atoms with Gasteiger partial charge in [0.15, 0.2) is 6.04 Å². The largest absolute Gasteiger partial charge is 0.350 e. The number of aromatic nitrogens is 4. The summed E-state index contributed by atoms with van der Waals surface area (Å²) in [7, 11) is 0. The molecule has 1 N–H and O–H groups in total. The molecule has 116 valence electrons. The highest BCUT2D eigenvalue weighted by molar-refractivity contribution is 5.83. The van der Waals surface area contributed by atoms with Gasteiger partial charge in [-0.15, -0.1) is 5.10 Å². The summed E-state index contributed by atoms with van der Waals surface area (Å²) < 4.78 is 14.6. The Bertz CT molecular complexity index is 776. The number of rotatable bonds is 5. The average Bonchev–Trinajstić information content (AvgIpc) is 3.08. The minimum Gasteiger partial charge on any atom is -0.350 e. The zero-order valence-corrected chi connectivity index (χ0v) is 12.1. The first-order valence-electron chi connectivity index (χ1n) is 7.03. The summed E-state index contributed by atoms with van der Waals surface area (Å²) in [5, 5.41) is 13.8. The molecule has 0 aliphatic rings. The minimum absolute atomic E-state index is 0.224. The van der Waals surface area contributed by atoms with E-state index in [1.807, 2.05) is 30.3 Å². The number of carbonyl (C=O) groups excluding carboxylic acids is 1. The Morgan fingerprint density at radius 1 is 1.17 bits per heavy atom. The third-order valence-electron chi connectivity index (χ3n) is 3.35. The fourth-order valence-corrected chi connectivity index (χ4v) is 2.28. The predicted molar refractivity (Wildman–Crippen MR) is 80.6 cm³/mol. The van der Waals surface area contributed by atoms with Crippen molar-refractivity contribution in [2.45, 2.75) is 12.6 Å². The number of carbonyl (C=O) groups is 1. The van der Waals surface area contributed by atoms with Crippen molar-refractivity contribution in [1.82, 2.24) is 25.5 Å². The smallest absolute Gasteiger partial charge is 0.249 e. The van der Waals surface area contributed by atoms with Gasteiger partial charge in [0, 0.05) is 6.54 Å². The van der Waals surface area contributed by atoms with Crippen molar-refractivity contribution in [2.75, 3.05) is 0 Å². The molecule has 0 fully saturated rings. The van der Waals surface area contributed by atoms with Gasteiger partial charge in [-0.1, -0.05) is 42.5 Å². The molecule has 3 rings (SSSR count). The van der Waals surface area contributed by atoms with E-state index in [1.165, 1.54) is 23.1 Å². The van der Waals surface area contributed by atoms with Crippen LogP contribution in [0.1, 0.15) is 17.2 Å². The van der Waals surface area contributed by atoms with E-state index in [0.717, 1.165) is 5.56 Å². The van der Waals surface area contributed by atoms with Crippen LogP contribution in [0.5, 0.6) is 0 Å². The first-order chi connectivity index (χ1) is 11.2. The summed E-state index contributed by atoms with van der Waals surface area (Å²) >= 11 is 0. The highest BCUT2D eigenvalue weighted by Crippen LogP contribution is 2.17. The fraction of sp³-hybridized carbons (Fsp3) is 0.125. The number of tetrazole rings is 1. The van der Waals surface area contributed by atoms with Crippen LogP contribution in [-0.2, 0) is 11.3 Å². The maximum atomic E-state index is 13.2. The van der Waals surface area contributed by atoms with Crippen LogP contribution in [0.4, 0.5) is 4.39 Å². The van der Waals surface area contributed by atoms with Gasteiger partial charge < -0.3 is 5.32 Å². The highest BCUT2D eigenvalue weighted by atomic mass is 19.1. The van der Waals surface area contributed by atoms with Gasteiger partial charge in [0.1, 0.15) is 12.1 Å². The van der Waals surface area contributed by atoms with E-state index in [1.54, 1.807) is 12.1 Å². The minimum atomic E-state index is -0.681. The average molecular weight is 311 g/mol. The lowest BCUT2D eigenvalue weighted by Gasteiger charge is -2.16. The molecule has 1 atom stereocenters. The number of amides is 1. The molecule has 0 unspecified atom stereocenters. The summed E-state index contributed by atoms with van der Waals surface area (Å²) in [5.41, 5.74) is 1.44. The second kappa shape index (κ2) is 6.78. The molecule has 0 bridgehead atoms. The number of nitrogens with zero attached hydrogens (tertiary/aromatic N) is 4. The van der Waals surface area contributed by atoms with Crippen LogP contribution >= 0.6 is 0 Å². The molecule has 1 heterocycles. The van der Waals surface area contributed by atoms with Gasteiger partial charge in [-0.3, -0.25) is 4.79 Å². The van der Waals surface area contributed by atoms with Gasteiger partial charge in [-0.2, -0.15) is 0 Å². The summed E-state index contributed by atoms with van der Waals surface area (Å²) in [6, 6.07) is 14.6. The normalized spacial score (nSPS) is 11.9. The van der Waals surface area contributed by atoms with Crippen LogP contribution in [0.2, 0.25) is 0 Å². The van der Waals surface area contributed by atoms with Gasteiger partial charge in [-0.05, 0) is 33.7 Å². The molecular weight excluding hydrogens is 297 g/mol. The van der Waals surface area contributed by atoms with Crippen molar-refractivity contribution in [3.63, 3.8) is 0 Å². The van der Waals surface area contributed by atoms with Crippen LogP contribution in [0.15, 0.2) is 60.9 Å². The van der Waals surface area contributed by atoms with E-state index < -0.39 is 6.04 Å². The molecule has 0 spiro atoms. The molecule has 6 nitrogen and oxygen atoms in total. The zero-order valence-electron chi connectivity index (χ0n) is 12.1. The Labute approximate surface area is 132 Å². The second-order valence-corrected chi connectivity index (χ2v) is 4.95. The van der Waals surface area contributed by atoms with Crippen LogP contribution in [-0.4, -0.2) is 26.1 Å².